The zero-order valence-corrected chi connectivity index (χ0v) is 21.2. The Kier molecular flexibility index (Phi) is 7.42. The molecule has 0 bridgehead atoms. The molecule has 0 atom stereocenters. The molecule has 1 N–H and O–H groups in total. The molecule has 8 nitrogen and oxygen atoms in total. The molecule has 0 aliphatic heterocycles. The number of nitrogens with one attached hydrogen (secondary N) is 1. The fraction of sp³-hybridized carbons (Fsp3) is 0.250. The SMILES string of the molecule is COc1ccc(S(=O)(=O)Nc2cc(C(C)C)c(OS(=O)(=O)c3ccc(OC)cc3)cc2C)cc1. The summed E-state index contributed by atoms with van der Waals surface area (Å²) < 4.78 is 69.7. The van der Waals surface area contributed by atoms with Crippen molar-refractivity contribution < 1.29 is 30.5 Å². The first-order chi connectivity index (χ1) is 16.0. The number of hydrogen-bond donors (Lipinski definition) is 1. The van der Waals surface area contributed by atoms with Crippen molar-refractivity contribution in [1.29, 1.82) is 0 Å². The van der Waals surface area contributed by atoms with Crippen LogP contribution in [0.2, 0.25) is 0 Å². The van der Waals surface area contributed by atoms with E-state index in [2.05, 4.69) is 4.72 Å². The smallest absolute Gasteiger partial charge is 0.339 e. The first-order valence-electron chi connectivity index (χ1n) is 10.4. The van der Waals surface area contributed by atoms with Gasteiger partial charge in [0, 0.05) is 5.56 Å². The largest absolute Gasteiger partial charge is 0.497 e. The summed E-state index contributed by atoms with van der Waals surface area (Å²) in [6.45, 7) is 5.39. The minimum Gasteiger partial charge on any atom is -0.497 e. The number of rotatable bonds is 9. The van der Waals surface area contributed by atoms with E-state index in [1.165, 1.54) is 56.7 Å². The van der Waals surface area contributed by atoms with Crippen molar-refractivity contribution in [2.24, 2.45) is 0 Å². The van der Waals surface area contributed by atoms with Crippen molar-refractivity contribution >= 4 is 25.8 Å². The molecule has 0 saturated carbocycles. The molecule has 0 fully saturated rings. The molecule has 182 valence electrons. The summed E-state index contributed by atoms with van der Waals surface area (Å²) in [7, 11) is -5.01. The third-order valence-corrected chi connectivity index (χ3v) is 7.77. The van der Waals surface area contributed by atoms with E-state index >= 15 is 0 Å². The fourth-order valence-electron chi connectivity index (χ4n) is 3.20. The number of hydrogen-bond acceptors (Lipinski definition) is 7. The van der Waals surface area contributed by atoms with E-state index in [4.69, 9.17) is 13.7 Å². The van der Waals surface area contributed by atoms with Gasteiger partial charge < -0.3 is 13.7 Å². The van der Waals surface area contributed by atoms with Gasteiger partial charge in [0.2, 0.25) is 0 Å². The van der Waals surface area contributed by atoms with Crippen molar-refractivity contribution in [3.05, 3.63) is 71.8 Å². The number of aryl methyl sites for hydroxylation is 1. The Labute approximate surface area is 200 Å². The number of ether oxygens (including phenoxy) is 2. The lowest BCUT2D eigenvalue weighted by molar-refractivity contribution is 0.414. The molecule has 3 aromatic rings. The molecule has 0 aliphatic carbocycles. The molecule has 3 rings (SSSR count). The highest BCUT2D eigenvalue weighted by Gasteiger charge is 2.23. The molecule has 0 aromatic heterocycles. The second-order valence-electron chi connectivity index (χ2n) is 7.85. The van der Waals surface area contributed by atoms with Crippen LogP contribution in [0, 0.1) is 6.92 Å². The summed E-state index contributed by atoms with van der Waals surface area (Å²) in [4.78, 5) is 0.0474. The van der Waals surface area contributed by atoms with E-state index in [9.17, 15) is 16.8 Å². The van der Waals surface area contributed by atoms with Crippen LogP contribution in [0.1, 0.15) is 30.9 Å². The second-order valence-corrected chi connectivity index (χ2v) is 11.1. The van der Waals surface area contributed by atoms with Gasteiger partial charge >= 0.3 is 10.1 Å². The average Bonchev–Trinajstić information content (AvgIpc) is 2.80. The van der Waals surface area contributed by atoms with E-state index in [0.29, 0.717) is 28.3 Å². The van der Waals surface area contributed by atoms with Crippen molar-refractivity contribution in [1.82, 2.24) is 0 Å². The van der Waals surface area contributed by atoms with E-state index < -0.39 is 20.1 Å². The predicted molar refractivity (Wildman–Crippen MR) is 130 cm³/mol. The lowest BCUT2D eigenvalue weighted by atomic mass is 9.99. The summed E-state index contributed by atoms with van der Waals surface area (Å²) in [6.07, 6.45) is 0. The van der Waals surface area contributed by atoms with Crippen LogP contribution >= 0.6 is 0 Å². The van der Waals surface area contributed by atoms with Crippen LogP contribution in [0.25, 0.3) is 0 Å². The zero-order valence-electron chi connectivity index (χ0n) is 19.5. The molecule has 0 amide bonds. The maximum Gasteiger partial charge on any atom is 0.339 e. The van der Waals surface area contributed by atoms with E-state index in [1.54, 1.807) is 25.1 Å². The first kappa shape index (κ1) is 25.4. The maximum absolute atomic E-state index is 12.9. The zero-order chi connectivity index (χ0) is 25.1. The van der Waals surface area contributed by atoms with Crippen LogP contribution in [0.4, 0.5) is 5.69 Å². The average molecular weight is 506 g/mol. The molecular formula is C24H27NO7S2. The van der Waals surface area contributed by atoms with Crippen LogP contribution in [-0.4, -0.2) is 31.1 Å². The van der Waals surface area contributed by atoms with Gasteiger partial charge in [-0.15, -0.1) is 0 Å². The van der Waals surface area contributed by atoms with Gasteiger partial charge in [-0.1, -0.05) is 13.8 Å². The molecule has 0 radical (unpaired) electrons. The predicted octanol–water partition coefficient (Wildman–Crippen LogP) is 4.70. The number of benzene rings is 3. The Hall–Kier alpha value is -3.24. The highest BCUT2D eigenvalue weighted by Crippen LogP contribution is 2.35. The third-order valence-electron chi connectivity index (χ3n) is 5.14. The Morgan fingerprint density at radius 1 is 0.765 bits per heavy atom. The third kappa shape index (κ3) is 5.63. The van der Waals surface area contributed by atoms with Gasteiger partial charge in [0.1, 0.15) is 22.1 Å². The molecule has 3 aromatic carbocycles. The lowest BCUT2D eigenvalue weighted by Crippen LogP contribution is -2.15. The molecular weight excluding hydrogens is 478 g/mol. The standard InChI is InChI=1S/C24H27NO7S2/c1-16(2)22-15-23(25-33(26,27)20-10-6-18(30-4)7-11-20)17(3)14-24(22)32-34(28,29)21-12-8-19(31-5)9-13-21/h6-16,25H,1-5H3. The Morgan fingerprint density at radius 2 is 1.26 bits per heavy atom. The summed E-state index contributed by atoms with van der Waals surface area (Å²) >= 11 is 0. The Bertz CT molecular complexity index is 1360. The molecule has 0 aliphatic rings. The van der Waals surface area contributed by atoms with Gasteiger partial charge in [-0.05, 0) is 79.1 Å². The van der Waals surface area contributed by atoms with E-state index in [-0.39, 0.29) is 21.5 Å². The topological polar surface area (TPSA) is 108 Å². The Morgan fingerprint density at radius 3 is 1.74 bits per heavy atom. The van der Waals surface area contributed by atoms with Gasteiger partial charge in [0.25, 0.3) is 10.0 Å². The molecule has 0 heterocycles. The quantitative estimate of drug-likeness (QED) is 0.420. The minimum absolute atomic E-state index is 0.0232. The van der Waals surface area contributed by atoms with E-state index in [0.717, 1.165) is 0 Å². The summed E-state index contributed by atoms with van der Waals surface area (Å²) in [5.41, 5.74) is 1.37. The molecule has 10 heteroatoms. The van der Waals surface area contributed by atoms with Gasteiger partial charge in [0.15, 0.2) is 0 Å². The summed E-state index contributed by atoms with van der Waals surface area (Å²) in [6, 6.07) is 15.0. The lowest BCUT2D eigenvalue weighted by Gasteiger charge is -2.18. The number of anilines is 1. The van der Waals surface area contributed by atoms with Gasteiger partial charge in [-0.2, -0.15) is 8.42 Å². The van der Waals surface area contributed by atoms with E-state index in [1.807, 2.05) is 13.8 Å². The monoisotopic (exact) mass is 505 g/mol. The highest BCUT2D eigenvalue weighted by atomic mass is 32.2. The van der Waals surface area contributed by atoms with Gasteiger partial charge in [-0.3, -0.25) is 4.72 Å². The summed E-state index contributed by atoms with van der Waals surface area (Å²) in [5.74, 6) is 1.05. The maximum atomic E-state index is 12.9. The van der Waals surface area contributed by atoms with Crippen molar-refractivity contribution in [2.45, 2.75) is 36.5 Å². The van der Waals surface area contributed by atoms with Crippen LogP contribution in [-0.2, 0) is 20.1 Å². The number of methoxy groups -OCH3 is 2. The van der Waals surface area contributed by atoms with Crippen molar-refractivity contribution in [3.8, 4) is 17.2 Å². The Balaban J connectivity index is 1.94. The molecule has 34 heavy (non-hydrogen) atoms. The van der Waals surface area contributed by atoms with Crippen molar-refractivity contribution in [2.75, 3.05) is 18.9 Å². The number of sulfonamides is 1. The molecule has 0 unspecified atom stereocenters. The molecule has 0 spiro atoms. The van der Waals surface area contributed by atoms with Crippen LogP contribution < -0.4 is 18.4 Å². The van der Waals surface area contributed by atoms with Gasteiger partial charge in [-0.25, -0.2) is 8.42 Å². The van der Waals surface area contributed by atoms with Crippen LogP contribution in [0.15, 0.2) is 70.5 Å². The highest BCUT2D eigenvalue weighted by molar-refractivity contribution is 7.92. The van der Waals surface area contributed by atoms with Crippen LogP contribution in [0.5, 0.6) is 17.2 Å². The fourth-order valence-corrected chi connectivity index (χ4v) is 5.27. The second kappa shape index (κ2) is 9.94. The minimum atomic E-state index is -4.11. The first-order valence-corrected chi connectivity index (χ1v) is 13.3. The van der Waals surface area contributed by atoms with Crippen molar-refractivity contribution in [3.63, 3.8) is 0 Å². The normalized spacial score (nSPS) is 11.8. The van der Waals surface area contributed by atoms with Crippen LogP contribution in [0.3, 0.4) is 0 Å². The molecule has 0 saturated heterocycles. The van der Waals surface area contributed by atoms with Gasteiger partial charge in [0.05, 0.1) is 24.8 Å². The summed E-state index contributed by atoms with van der Waals surface area (Å²) in [5, 5.41) is 0.